The van der Waals surface area contributed by atoms with Crippen molar-refractivity contribution in [1.82, 2.24) is 14.8 Å². The minimum Gasteiger partial charge on any atom is -0.486 e. The van der Waals surface area contributed by atoms with E-state index in [2.05, 4.69) is 14.6 Å². The van der Waals surface area contributed by atoms with E-state index in [0.29, 0.717) is 43.4 Å². The fourth-order valence-electron chi connectivity index (χ4n) is 4.18. The van der Waals surface area contributed by atoms with Crippen molar-refractivity contribution < 1.29 is 22.7 Å². The summed E-state index contributed by atoms with van der Waals surface area (Å²) < 4.78 is 39.8. The molecule has 182 valence electrons. The van der Waals surface area contributed by atoms with Crippen LogP contribution in [0.15, 0.2) is 71.9 Å². The molecule has 0 aliphatic carbocycles. The first-order valence-corrected chi connectivity index (χ1v) is 12.9. The summed E-state index contributed by atoms with van der Waals surface area (Å²) in [5.41, 5.74) is 1.69. The second kappa shape index (κ2) is 9.93. The maximum Gasteiger partial charge on any atom is 0.262 e. The van der Waals surface area contributed by atoms with Crippen LogP contribution in [0.3, 0.4) is 0 Å². The number of amides is 1. The summed E-state index contributed by atoms with van der Waals surface area (Å²) in [5, 5.41) is 0. The van der Waals surface area contributed by atoms with Crippen LogP contribution in [0.4, 0.5) is 5.69 Å². The molecule has 2 aliphatic rings. The van der Waals surface area contributed by atoms with E-state index in [1.54, 1.807) is 41.4 Å². The van der Waals surface area contributed by atoms with Gasteiger partial charge in [0.25, 0.3) is 15.9 Å². The van der Waals surface area contributed by atoms with Gasteiger partial charge in [0.2, 0.25) is 0 Å². The molecule has 1 aromatic heterocycles. The van der Waals surface area contributed by atoms with E-state index in [-0.39, 0.29) is 16.5 Å². The highest BCUT2D eigenvalue weighted by atomic mass is 32.2. The van der Waals surface area contributed by atoms with Gasteiger partial charge in [-0.3, -0.25) is 19.4 Å². The molecule has 5 rings (SSSR count). The lowest BCUT2D eigenvalue weighted by atomic mass is 10.1. The third kappa shape index (κ3) is 5.23. The molecule has 2 aromatic carbocycles. The Balaban J connectivity index is 1.28. The van der Waals surface area contributed by atoms with Gasteiger partial charge in [-0.05, 0) is 35.9 Å². The minimum atomic E-state index is -3.95. The summed E-state index contributed by atoms with van der Waals surface area (Å²) in [6.07, 6.45) is 3.60. The molecular weight excluding hydrogens is 468 g/mol. The molecule has 0 radical (unpaired) electrons. The maximum absolute atomic E-state index is 13.3. The van der Waals surface area contributed by atoms with Gasteiger partial charge in [-0.25, -0.2) is 8.42 Å². The number of carbonyl (C=O) groups excluding carboxylic acids is 1. The van der Waals surface area contributed by atoms with Gasteiger partial charge < -0.3 is 14.4 Å². The molecule has 0 unspecified atom stereocenters. The summed E-state index contributed by atoms with van der Waals surface area (Å²) >= 11 is 0. The van der Waals surface area contributed by atoms with Crippen LogP contribution >= 0.6 is 0 Å². The molecule has 9 nitrogen and oxygen atoms in total. The van der Waals surface area contributed by atoms with Crippen LogP contribution in [0.1, 0.15) is 15.9 Å². The summed E-state index contributed by atoms with van der Waals surface area (Å²) in [7, 11) is -3.95. The number of benzene rings is 2. The van der Waals surface area contributed by atoms with Crippen LogP contribution in [0, 0.1) is 0 Å². The molecule has 3 heterocycles. The van der Waals surface area contributed by atoms with Gasteiger partial charge in [-0.1, -0.05) is 18.2 Å². The lowest BCUT2D eigenvalue weighted by Gasteiger charge is -2.35. The SMILES string of the molecule is O=C(c1ccccc1NS(=O)(=O)c1ccc2c(c1)OCCO2)N1CCN(Cc2cccnc2)CC1. The number of hydrogen-bond acceptors (Lipinski definition) is 7. The normalized spacial score (nSPS) is 16.1. The average Bonchev–Trinajstić information content (AvgIpc) is 2.89. The highest BCUT2D eigenvalue weighted by Gasteiger charge is 2.26. The molecule has 35 heavy (non-hydrogen) atoms. The number of anilines is 1. The standard InChI is InChI=1S/C25H26N4O5S/c30-25(29-12-10-28(11-13-29)18-19-4-3-9-26-17-19)21-5-1-2-6-22(21)27-35(31,32)20-7-8-23-24(16-20)34-15-14-33-23/h1-9,16-17,27H,10-15,18H2. The van der Waals surface area contributed by atoms with Gasteiger partial charge in [0.1, 0.15) is 13.2 Å². The lowest BCUT2D eigenvalue weighted by molar-refractivity contribution is 0.0629. The van der Waals surface area contributed by atoms with Crippen molar-refractivity contribution in [2.75, 3.05) is 44.1 Å². The summed E-state index contributed by atoms with van der Waals surface area (Å²) in [6, 6.07) is 15.1. The molecule has 1 saturated heterocycles. The molecule has 1 amide bonds. The molecule has 0 atom stereocenters. The van der Waals surface area contributed by atoms with E-state index in [1.807, 2.05) is 18.3 Å². The first-order valence-electron chi connectivity index (χ1n) is 11.4. The number of fused-ring (bicyclic) bond motifs is 1. The number of pyridine rings is 1. The number of para-hydroxylation sites is 1. The predicted molar refractivity (Wildman–Crippen MR) is 130 cm³/mol. The summed E-state index contributed by atoms with van der Waals surface area (Å²) in [4.78, 5) is 21.6. The fraction of sp³-hybridized carbons (Fsp3) is 0.280. The monoisotopic (exact) mass is 494 g/mol. The Morgan fingerprint density at radius 3 is 2.49 bits per heavy atom. The number of ether oxygens (including phenoxy) is 2. The molecule has 1 fully saturated rings. The average molecular weight is 495 g/mol. The highest BCUT2D eigenvalue weighted by Crippen LogP contribution is 2.33. The van der Waals surface area contributed by atoms with Crippen LogP contribution in [0.2, 0.25) is 0 Å². The van der Waals surface area contributed by atoms with Crippen molar-refractivity contribution in [1.29, 1.82) is 0 Å². The lowest BCUT2D eigenvalue weighted by Crippen LogP contribution is -2.48. The van der Waals surface area contributed by atoms with E-state index in [1.165, 1.54) is 12.1 Å². The van der Waals surface area contributed by atoms with Crippen LogP contribution in [0.25, 0.3) is 0 Å². The van der Waals surface area contributed by atoms with Crippen LogP contribution in [-0.4, -0.2) is 68.5 Å². The second-order valence-electron chi connectivity index (χ2n) is 8.39. The van der Waals surface area contributed by atoms with E-state index in [9.17, 15) is 13.2 Å². The highest BCUT2D eigenvalue weighted by molar-refractivity contribution is 7.92. The van der Waals surface area contributed by atoms with E-state index in [0.717, 1.165) is 25.2 Å². The number of rotatable bonds is 6. The first kappa shape index (κ1) is 23.1. The largest absolute Gasteiger partial charge is 0.486 e. The molecule has 3 aromatic rings. The third-order valence-corrected chi connectivity index (χ3v) is 7.38. The van der Waals surface area contributed by atoms with Crippen molar-refractivity contribution in [3.8, 4) is 11.5 Å². The van der Waals surface area contributed by atoms with Crippen molar-refractivity contribution in [2.45, 2.75) is 11.4 Å². The van der Waals surface area contributed by atoms with Gasteiger partial charge in [-0.2, -0.15) is 0 Å². The summed E-state index contributed by atoms with van der Waals surface area (Å²) in [6.45, 7) is 4.13. The Bertz CT molecular complexity index is 1310. The quantitative estimate of drug-likeness (QED) is 0.562. The second-order valence-corrected chi connectivity index (χ2v) is 10.1. The van der Waals surface area contributed by atoms with E-state index in [4.69, 9.17) is 9.47 Å². The molecule has 0 spiro atoms. The molecule has 10 heteroatoms. The van der Waals surface area contributed by atoms with Crippen molar-refractivity contribution >= 4 is 21.6 Å². The number of nitrogens with zero attached hydrogens (tertiary/aromatic N) is 3. The number of hydrogen-bond donors (Lipinski definition) is 1. The third-order valence-electron chi connectivity index (χ3n) is 6.01. The molecule has 1 N–H and O–H groups in total. The van der Waals surface area contributed by atoms with Gasteiger partial charge in [0.15, 0.2) is 11.5 Å². The molecule has 0 bridgehead atoms. The Morgan fingerprint density at radius 2 is 1.71 bits per heavy atom. The number of carbonyl (C=O) groups is 1. The zero-order chi connectivity index (χ0) is 24.3. The Hall–Kier alpha value is -3.63. The van der Waals surface area contributed by atoms with E-state index < -0.39 is 10.0 Å². The van der Waals surface area contributed by atoms with Crippen molar-refractivity contribution in [3.63, 3.8) is 0 Å². The van der Waals surface area contributed by atoms with Gasteiger partial charge in [0, 0.05) is 51.2 Å². The molecule has 0 saturated carbocycles. The van der Waals surface area contributed by atoms with Gasteiger partial charge in [0.05, 0.1) is 16.1 Å². The van der Waals surface area contributed by atoms with Crippen LogP contribution in [-0.2, 0) is 16.6 Å². The predicted octanol–water partition coefficient (Wildman–Crippen LogP) is 2.61. The fourth-order valence-corrected chi connectivity index (χ4v) is 5.28. The number of sulfonamides is 1. The zero-order valence-corrected chi connectivity index (χ0v) is 19.9. The first-order chi connectivity index (χ1) is 17.0. The zero-order valence-electron chi connectivity index (χ0n) is 19.1. The van der Waals surface area contributed by atoms with Gasteiger partial charge in [-0.15, -0.1) is 0 Å². The Labute approximate surface area is 204 Å². The molecule has 2 aliphatic heterocycles. The number of aromatic nitrogens is 1. The maximum atomic E-state index is 13.3. The smallest absolute Gasteiger partial charge is 0.262 e. The van der Waals surface area contributed by atoms with Crippen LogP contribution in [0.5, 0.6) is 11.5 Å². The Morgan fingerprint density at radius 1 is 0.943 bits per heavy atom. The number of nitrogens with one attached hydrogen (secondary N) is 1. The topological polar surface area (TPSA) is 101 Å². The van der Waals surface area contributed by atoms with E-state index >= 15 is 0 Å². The van der Waals surface area contributed by atoms with Gasteiger partial charge >= 0.3 is 0 Å². The van der Waals surface area contributed by atoms with Crippen molar-refractivity contribution in [3.05, 3.63) is 78.1 Å². The minimum absolute atomic E-state index is 0.0352. The summed E-state index contributed by atoms with van der Waals surface area (Å²) in [5.74, 6) is 0.688. The van der Waals surface area contributed by atoms with Crippen LogP contribution < -0.4 is 14.2 Å². The number of piperazine rings is 1. The molecular formula is C25H26N4O5S. The Kier molecular flexibility index (Phi) is 6.56. The van der Waals surface area contributed by atoms with Crippen molar-refractivity contribution in [2.24, 2.45) is 0 Å².